The molecule has 8 nitrogen and oxygen atoms in total. The second-order valence-corrected chi connectivity index (χ2v) is 11.0. The maximum atomic E-state index is 13.6. The number of nitrogens with zero attached hydrogens (tertiary/aromatic N) is 4. The van der Waals surface area contributed by atoms with E-state index in [2.05, 4.69) is 25.6 Å². The highest BCUT2D eigenvalue weighted by atomic mass is 32.1. The van der Waals surface area contributed by atoms with E-state index in [4.69, 9.17) is 5.41 Å². The quantitative estimate of drug-likeness (QED) is 0.411. The molecule has 0 unspecified atom stereocenters. The van der Waals surface area contributed by atoms with Crippen LogP contribution in [0, 0.1) is 25.2 Å². The van der Waals surface area contributed by atoms with Crippen molar-refractivity contribution in [2.45, 2.75) is 52.6 Å². The zero-order chi connectivity index (χ0) is 26.0. The summed E-state index contributed by atoms with van der Waals surface area (Å²) in [5.74, 6) is 0.775. The molecule has 0 aliphatic carbocycles. The molecule has 0 spiro atoms. The molecular formula is C27H34N6O2S. The van der Waals surface area contributed by atoms with E-state index >= 15 is 0 Å². The fraction of sp³-hybridized carbons (Fsp3) is 0.444. The van der Waals surface area contributed by atoms with Crippen LogP contribution in [0.15, 0.2) is 29.8 Å². The van der Waals surface area contributed by atoms with Gasteiger partial charge in [0.25, 0.3) is 5.91 Å². The molecule has 3 aromatic rings. The molecule has 0 radical (unpaired) electrons. The Hall–Kier alpha value is -3.17. The van der Waals surface area contributed by atoms with Crippen LogP contribution in [0.1, 0.15) is 70.4 Å². The summed E-state index contributed by atoms with van der Waals surface area (Å²) in [6, 6.07) is 5.35. The van der Waals surface area contributed by atoms with Crippen LogP contribution in [0.3, 0.4) is 0 Å². The van der Waals surface area contributed by atoms with Gasteiger partial charge in [-0.2, -0.15) is 0 Å². The fourth-order valence-corrected chi connectivity index (χ4v) is 5.22. The van der Waals surface area contributed by atoms with Crippen LogP contribution in [0.25, 0.3) is 0 Å². The Bertz CT molecular complexity index is 1270. The van der Waals surface area contributed by atoms with Gasteiger partial charge in [-0.3, -0.25) is 10.2 Å². The monoisotopic (exact) mass is 506 g/mol. The summed E-state index contributed by atoms with van der Waals surface area (Å²) in [6.07, 6.45) is 4.42. The van der Waals surface area contributed by atoms with Gasteiger partial charge in [-0.25, -0.2) is 15.0 Å². The van der Waals surface area contributed by atoms with E-state index in [0.717, 1.165) is 41.2 Å². The average Bonchev–Trinajstić information content (AvgIpc) is 3.27. The van der Waals surface area contributed by atoms with Crippen molar-refractivity contribution in [2.24, 2.45) is 5.92 Å². The molecule has 36 heavy (non-hydrogen) atoms. The Morgan fingerprint density at radius 2 is 1.94 bits per heavy atom. The van der Waals surface area contributed by atoms with Crippen molar-refractivity contribution >= 4 is 28.6 Å². The Kier molecular flexibility index (Phi) is 7.51. The Morgan fingerprint density at radius 3 is 2.56 bits per heavy atom. The van der Waals surface area contributed by atoms with Gasteiger partial charge >= 0.3 is 0 Å². The molecule has 1 aromatic carbocycles. The van der Waals surface area contributed by atoms with Crippen molar-refractivity contribution in [1.29, 1.82) is 5.41 Å². The number of carbonyl (C=O) groups is 1. The Morgan fingerprint density at radius 1 is 1.22 bits per heavy atom. The molecule has 190 valence electrons. The number of hydrogen-bond acceptors (Lipinski definition) is 8. The molecule has 0 atom stereocenters. The predicted molar refractivity (Wildman–Crippen MR) is 143 cm³/mol. The molecular weight excluding hydrogens is 472 g/mol. The van der Waals surface area contributed by atoms with Gasteiger partial charge in [0.05, 0.1) is 22.1 Å². The van der Waals surface area contributed by atoms with Gasteiger partial charge in [-0.15, -0.1) is 11.3 Å². The highest BCUT2D eigenvalue weighted by Gasteiger charge is 2.27. The maximum absolute atomic E-state index is 13.6. The minimum atomic E-state index is -1.22. The number of amides is 1. The lowest BCUT2D eigenvalue weighted by atomic mass is 9.91. The van der Waals surface area contributed by atoms with Crippen molar-refractivity contribution in [1.82, 2.24) is 19.9 Å². The molecule has 1 aliphatic rings. The molecule has 9 heteroatoms. The zero-order valence-corrected chi connectivity index (χ0v) is 22.4. The highest BCUT2D eigenvalue weighted by Crippen LogP contribution is 2.28. The molecule has 3 N–H and O–H groups in total. The number of anilines is 1. The van der Waals surface area contributed by atoms with Crippen LogP contribution in [-0.2, 0) is 12.0 Å². The average molecular weight is 507 g/mol. The summed E-state index contributed by atoms with van der Waals surface area (Å²) in [7, 11) is 1.80. The van der Waals surface area contributed by atoms with Crippen molar-refractivity contribution in [3.05, 3.63) is 68.7 Å². The minimum Gasteiger partial charge on any atom is -0.388 e. The number of piperidine rings is 1. The first-order chi connectivity index (χ1) is 17.1. The maximum Gasteiger partial charge on any atom is 0.254 e. The lowest BCUT2D eigenvalue weighted by molar-refractivity contribution is 0.0682. The topological polar surface area (TPSA) is 115 Å². The van der Waals surface area contributed by atoms with E-state index in [1.165, 1.54) is 0 Å². The van der Waals surface area contributed by atoms with Crippen molar-refractivity contribution in [3.63, 3.8) is 0 Å². The van der Waals surface area contributed by atoms with Gasteiger partial charge in [0.1, 0.15) is 5.60 Å². The van der Waals surface area contributed by atoms with Gasteiger partial charge in [-0.05, 0) is 76.6 Å². The fourth-order valence-electron chi connectivity index (χ4n) is 4.59. The first-order valence-corrected chi connectivity index (χ1v) is 13.1. The molecule has 1 saturated heterocycles. The summed E-state index contributed by atoms with van der Waals surface area (Å²) < 4.78 is 0. The van der Waals surface area contributed by atoms with Crippen LogP contribution in [-0.4, -0.2) is 56.7 Å². The number of likely N-dealkylation sites (tertiary alicyclic amines) is 1. The number of carbonyl (C=O) groups excluding carboxylic acids is 1. The number of nitrogens with one attached hydrogen (secondary N) is 2. The van der Waals surface area contributed by atoms with Gasteiger partial charge in [-0.1, -0.05) is 0 Å². The molecule has 1 aliphatic heterocycles. The molecule has 2 aromatic heterocycles. The van der Waals surface area contributed by atoms with Gasteiger partial charge in [0.15, 0.2) is 5.82 Å². The lowest BCUT2D eigenvalue weighted by Crippen LogP contribution is -2.39. The van der Waals surface area contributed by atoms with Gasteiger partial charge < -0.3 is 15.3 Å². The minimum absolute atomic E-state index is 0.00739. The number of hydrogen-bond donors (Lipinski definition) is 3. The molecule has 0 bridgehead atoms. The first kappa shape index (κ1) is 25.9. The normalized spacial score (nSPS) is 14.7. The van der Waals surface area contributed by atoms with E-state index in [-0.39, 0.29) is 17.4 Å². The number of aromatic nitrogens is 3. The molecule has 4 rings (SSSR count). The van der Waals surface area contributed by atoms with Crippen LogP contribution in [0.5, 0.6) is 0 Å². The number of thiazole rings is 1. The second-order valence-electron chi connectivity index (χ2n) is 9.96. The first-order valence-electron chi connectivity index (χ1n) is 12.2. The van der Waals surface area contributed by atoms with Crippen molar-refractivity contribution < 1.29 is 9.90 Å². The zero-order valence-electron chi connectivity index (χ0n) is 21.6. The number of aryl methyl sites for hydroxylation is 2. The number of benzene rings is 1. The van der Waals surface area contributed by atoms with E-state index < -0.39 is 5.60 Å². The smallest absolute Gasteiger partial charge is 0.254 e. The third-order valence-electron chi connectivity index (χ3n) is 6.66. The summed E-state index contributed by atoms with van der Waals surface area (Å²) in [5.41, 5.74) is 3.27. The summed E-state index contributed by atoms with van der Waals surface area (Å²) in [6.45, 7) is 8.61. The second kappa shape index (κ2) is 10.4. The summed E-state index contributed by atoms with van der Waals surface area (Å²) >= 11 is 1.69. The van der Waals surface area contributed by atoms with Crippen molar-refractivity contribution in [3.8, 4) is 0 Å². The van der Waals surface area contributed by atoms with E-state index in [1.54, 1.807) is 50.6 Å². The number of aliphatic hydroxyl groups is 1. The van der Waals surface area contributed by atoms with E-state index in [1.807, 2.05) is 24.8 Å². The van der Waals surface area contributed by atoms with Crippen LogP contribution in [0.2, 0.25) is 0 Å². The molecule has 0 saturated carbocycles. The molecule has 1 fully saturated rings. The highest BCUT2D eigenvalue weighted by molar-refractivity contribution is 7.09. The van der Waals surface area contributed by atoms with E-state index in [9.17, 15) is 9.90 Å². The standard InChI is InChI=1S/C27H34N6O2S/c1-16-12-23(29-5)21(24(28)22-6-9-30-26(32-22)27(3,4)35)14-20(16)25(34)33-10-7-18(8-11-33)13-19-15-36-17(2)31-19/h6,9,12,14-15,18,28-29,35H,7-8,10-11,13H2,1-5H3. The van der Waals surface area contributed by atoms with Crippen molar-refractivity contribution in [2.75, 3.05) is 25.5 Å². The molecule has 3 heterocycles. The SMILES string of the molecule is CNc1cc(C)c(C(=O)N2CCC(Cc3csc(C)n3)CC2)cc1C(=N)c1ccnc(C(C)(C)O)n1. The third-order valence-corrected chi connectivity index (χ3v) is 7.48. The van der Waals surface area contributed by atoms with Crippen LogP contribution < -0.4 is 5.32 Å². The lowest BCUT2D eigenvalue weighted by Gasteiger charge is -2.32. The Labute approximate surface area is 216 Å². The number of rotatable bonds is 7. The largest absolute Gasteiger partial charge is 0.388 e. The van der Waals surface area contributed by atoms with Crippen LogP contribution in [0.4, 0.5) is 5.69 Å². The molecule has 1 amide bonds. The van der Waals surface area contributed by atoms with Crippen LogP contribution >= 0.6 is 11.3 Å². The third kappa shape index (κ3) is 5.63. The summed E-state index contributed by atoms with van der Waals surface area (Å²) in [4.78, 5) is 28.6. The van der Waals surface area contributed by atoms with E-state index in [0.29, 0.717) is 35.8 Å². The predicted octanol–water partition coefficient (Wildman–Crippen LogP) is 4.33. The van der Waals surface area contributed by atoms with Gasteiger partial charge in [0, 0.05) is 48.5 Å². The summed E-state index contributed by atoms with van der Waals surface area (Å²) in [5, 5.41) is 25.5. The van der Waals surface area contributed by atoms with Gasteiger partial charge in [0.2, 0.25) is 0 Å². The Balaban J connectivity index is 1.54.